The fourth-order valence-electron chi connectivity index (χ4n) is 3.14. The highest BCUT2D eigenvalue weighted by Crippen LogP contribution is 2.29. The van der Waals surface area contributed by atoms with Gasteiger partial charge in [-0.15, -0.1) is 11.3 Å². The molecule has 0 aliphatic carbocycles. The van der Waals surface area contributed by atoms with Crippen LogP contribution in [0, 0.1) is 12.7 Å². The van der Waals surface area contributed by atoms with Crippen LogP contribution < -0.4 is 5.32 Å². The summed E-state index contributed by atoms with van der Waals surface area (Å²) in [6, 6.07) is 5.28. The first kappa shape index (κ1) is 21.3. The molecule has 0 atom stereocenters. The van der Waals surface area contributed by atoms with E-state index in [0.717, 1.165) is 11.6 Å². The molecule has 0 saturated carbocycles. The van der Waals surface area contributed by atoms with Gasteiger partial charge >= 0.3 is 0 Å². The number of carbonyl (C=O) groups excluding carboxylic acids is 3. The molecule has 1 aliphatic rings. The number of anilines is 1. The SMILES string of the molecule is CCC(=O)N1CCN(C(=O)c2sc(NC(=O)c3ccc(F)cc3Cl)cc2C)CC1. The van der Waals surface area contributed by atoms with Crippen LogP contribution >= 0.6 is 22.9 Å². The predicted octanol–water partition coefficient (Wildman–Crippen LogP) is 3.80. The van der Waals surface area contributed by atoms with Crippen LogP contribution in [0.15, 0.2) is 24.3 Å². The Morgan fingerprint density at radius 3 is 2.41 bits per heavy atom. The molecule has 3 amide bonds. The lowest BCUT2D eigenvalue weighted by Crippen LogP contribution is -2.50. The molecule has 2 aromatic rings. The molecule has 154 valence electrons. The van der Waals surface area contributed by atoms with Crippen LogP contribution in [0.5, 0.6) is 0 Å². The van der Waals surface area contributed by atoms with Gasteiger partial charge in [-0.25, -0.2) is 4.39 Å². The van der Waals surface area contributed by atoms with Crippen molar-refractivity contribution in [1.82, 2.24) is 9.80 Å². The number of carbonyl (C=O) groups is 3. The van der Waals surface area contributed by atoms with E-state index < -0.39 is 11.7 Å². The molecule has 29 heavy (non-hydrogen) atoms. The monoisotopic (exact) mass is 437 g/mol. The number of amides is 3. The minimum Gasteiger partial charge on any atom is -0.339 e. The van der Waals surface area contributed by atoms with E-state index in [1.165, 1.54) is 23.5 Å². The van der Waals surface area contributed by atoms with Gasteiger partial charge in [0.1, 0.15) is 5.82 Å². The predicted molar refractivity (Wildman–Crippen MR) is 111 cm³/mol. The van der Waals surface area contributed by atoms with Gasteiger partial charge in [0.25, 0.3) is 11.8 Å². The Labute approximate surface area is 177 Å². The van der Waals surface area contributed by atoms with E-state index in [1.807, 2.05) is 6.92 Å². The topological polar surface area (TPSA) is 69.7 Å². The number of piperazine rings is 1. The van der Waals surface area contributed by atoms with Crippen LogP contribution in [0.2, 0.25) is 5.02 Å². The highest BCUT2D eigenvalue weighted by Gasteiger charge is 2.26. The maximum atomic E-state index is 13.2. The normalized spacial score (nSPS) is 14.1. The largest absolute Gasteiger partial charge is 0.339 e. The summed E-state index contributed by atoms with van der Waals surface area (Å²) in [6.07, 6.45) is 0.457. The molecule has 9 heteroatoms. The molecule has 1 N–H and O–H groups in total. The first-order valence-electron chi connectivity index (χ1n) is 9.24. The van der Waals surface area contributed by atoms with E-state index in [1.54, 1.807) is 22.8 Å². The van der Waals surface area contributed by atoms with Gasteiger partial charge < -0.3 is 15.1 Å². The fourth-order valence-corrected chi connectivity index (χ4v) is 4.42. The molecule has 0 unspecified atom stereocenters. The van der Waals surface area contributed by atoms with Crippen LogP contribution in [-0.2, 0) is 4.79 Å². The summed E-state index contributed by atoms with van der Waals surface area (Å²) in [5.74, 6) is -1.01. The molecule has 6 nitrogen and oxygen atoms in total. The minimum atomic E-state index is -0.521. The third kappa shape index (κ3) is 4.76. The van der Waals surface area contributed by atoms with Crippen molar-refractivity contribution >= 4 is 45.7 Å². The molecule has 2 heterocycles. The van der Waals surface area contributed by atoms with Crippen molar-refractivity contribution in [3.05, 3.63) is 51.1 Å². The Balaban J connectivity index is 1.68. The van der Waals surface area contributed by atoms with Crippen LogP contribution in [0.25, 0.3) is 0 Å². The van der Waals surface area contributed by atoms with Crippen LogP contribution in [0.1, 0.15) is 38.9 Å². The lowest BCUT2D eigenvalue weighted by Gasteiger charge is -2.34. The molecule has 3 rings (SSSR count). The summed E-state index contributed by atoms with van der Waals surface area (Å²) in [4.78, 5) is 41.1. The van der Waals surface area contributed by atoms with Gasteiger partial charge in [0.2, 0.25) is 5.91 Å². The Hall–Kier alpha value is -2.45. The molecule has 1 saturated heterocycles. The number of nitrogens with one attached hydrogen (secondary N) is 1. The summed E-state index contributed by atoms with van der Waals surface area (Å²) in [7, 11) is 0. The molecule has 1 aliphatic heterocycles. The minimum absolute atomic E-state index is 0.0200. The highest BCUT2D eigenvalue weighted by molar-refractivity contribution is 7.18. The zero-order valence-corrected chi connectivity index (χ0v) is 17.7. The van der Waals surface area contributed by atoms with E-state index in [-0.39, 0.29) is 22.4 Å². The first-order chi connectivity index (χ1) is 13.8. The van der Waals surface area contributed by atoms with Crippen LogP contribution in [-0.4, -0.2) is 53.7 Å². The summed E-state index contributed by atoms with van der Waals surface area (Å²) in [5, 5.41) is 3.25. The highest BCUT2D eigenvalue weighted by atomic mass is 35.5. The van der Waals surface area contributed by atoms with Crippen LogP contribution in [0.3, 0.4) is 0 Å². The van der Waals surface area contributed by atoms with Crippen molar-refractivity contribution in [2.45, 2.75) is 20.3 Å². The number of halogens is 2. The molecule has 0 spiro atoms. The third-order valence-corrected chi connectivity index (χ3v) is 6.20. The Bertz CT molecular complexity index is 954. The summed E-state index contributed by atoms with van der Waals surface area (Å²) in [5.41, 5.74) is 0.913. The number of hydrogen-bond donors (Lipinski definition) is 1. The Morgan fingerprint density at radius 1 is 1.14 bits per heavy atom. The van der Waals surface area contributed by atoms with Crippen LogP contribution in [0.4, 0.5) is 9.39 Å². The molecule has 0 radical (unpaired) electrons. The van der Waals surface area contributed by atoms with E-state index in [0.29, 0.717) is 42.5 Å². The van der Waals surface area contributed by atoms with Gasteiger partial charge in [0.05, 0.1) is 20.5 Å². The molecule has 1 aromatic heterocycles. The van der Waals surface area contributed by atoms with Crippen molar-refractivity contribution in [2.24, 2.45) is 0 Å². The Kier molecular flexibility index (Phi) is 6.54. The fraction of sp³-hybridized carbons (Fsp3) is 0.350. The lowest BCUT2D eigenvalue weighted by atomic mass is 10.2. The second kappa shape index (κ2) is 8.92. The summed E-state index contributed by atoms with van der Waals surface area (Å²) >= 11 is 7.12. The number of benzene rings is 1. The average molecular weight is 438 g/mol. The second-order valence-electron chi connectivity index (χ2n) is 6.73. The van der Waals surface area contributed by atoms with Crippen molar-refractivity contribution in [3.8, 4) is 0 Å². The van der Waals surface area contributed by atoms with Gasteiger partial charge in [-0.1, -0.05) is 18.5 Å². The maximum absolute atomic E-state index is 13.2. The number of rotatable bonds is 4. The summed E-state index contributed by atoms with van der Waals surface area (Å²) < 4.78 is 13.2. The van der Waals surface area contributed by atoms with Crippen molar-refractivity contribution < 1.29 is 18.8 Å². The van der Waals surface area contributed by atoms with Crippen molar-refractivity contribution in [2.75, 3.05) is 31.5 Å². The lowest BCUT2D eigenvalue weighted by molar-refractivity contribution is -0.132. The maximum Gasteiger partial charge on any atom is 0.264 e. The number of thiophene rings is 1. The van der Waals surface area contributed by atoms with Crippen molar-refractivity contribution in [3.63, 3.8) is 0 Å². The van der Waals surface area contributed by atoms with E-state index in [9.17, 15) is 18.8 Å². The van der Waals surface area contributed by atoms with E-state index in [4.69, 9.17) is 11.6 Å². The molecule has 0 bridgehead atoms. The Morgan fingerprint density at radius 2 is 1.79 bits per heavy atom. The van der Waals surface area contributed by atoms with Gasteiger partial charge in [-0.3, -0.25) is 14.4 Å². The van der Waals surface area contributed by atoms with Gasteiger partial charge in [-0.2, -0.15) is 0 Å². The number of aryl methyl sites for hydroxylation is 1. The quantitative estimate of drug-likeness (QED) is 0.791. The first-order valence-corrected chi connectivity index (χ1v) is 10.4. The third-order valence-electron chi connectivity index (χ3n) is 4.75. The second-order valence-corrected chi connectivity index (χ2v) is 8.19. The number of hydrogen-bond acceptors (Lipinski definition) is 4. The van der Waals surface area contributed by atoms with Crippen molar-refractivity contribution in [1.29, 1.82) is 0 Å². The smallest absolute Gasteiger partial charge is 0.264 e. The molecule has 1 fully saturated rings. The standard InChI is InChI=1S/C20H21ClFN3O3S/c1-3-17(26)24-6-8-25(9-7-24)20(28)18-12(2)10-16(29-18)23-19(27)14-5-4-13(22)11-15(14)21/h4-5,10-11H,3,6-9H2,1-2H3,(H,23,27). The van der Waals surface area contributed by atoms with E-state index >= 15 is 0 Å². The number of nitrogens with zero attached hydrogens (tertiary/aromatic N) is 2. The van der Waals surface area contributed by atoms with Gasteiger partial charge in [-0.05, 0) is 36.8 Å². The molecule has 1 aromatic carbocycles. The van der Waals surface area contributed by atoms with Gasteiger partial charge in [0.15, 0.2) is 0 Å². The van der Waals surface area contributed by atoms with E-state index in [2.05, 4.69) is 5.32 Å². The molecular weight excluding hydrogens is 417 g/mol. The van der Waals surface area contributed by atoms with Gasteiger partial charge in [0, 0.05) is 32.6 Å². The summed E-state index contributed by atoms with van der Waals surface area (Å²) in [6.45, 7) is 5.64. The zero-order valence-electron chi connectivity index (χ0n) is 16.1. The molecular formula is C20H21ClFN3O3S. The average Bonchev–Trinajstić information content (AvgIpc) is 3.06. The zero-order chi connectivity index (χ0) is 21.1.